The van der Waals surface area contributed by atoms with Gasteiger partial charge in [-0.1, -0.05) is 24.3 Å². The van der Waals surface area contributed by atoms with Gasteiger partial charge in [0.2, 0.25) is 0 Å². The van der Waals surface area contributed by atoms with Crippen LogP contribution in [-0.4, -0.2) is 21.0 Å². The Kier molecular flexibility index (Phi) is 3.58. The van der Waals surface area contributed by atoms with E-state index in [-0.39, 0.29) is 22.8 Å². The number of carbonyl (C=O) groups excluding carboxylic acids is 1. The van der Waals surface area contributed by atoms with Crippen LogP contribution in [0.2, 0.25) is 0 Å². The molecule has 0 aliphatic rings. The number of benzene rings is 2. The molecule has 22 heavy (non-hydrogen) atoms. The van der Waals surface area contributed by atoms with Gasteiger partial charge in [-0.2, -0.15) is 0 Å². The van der Waals surface area contributed by atoms with Crippen molar-refractivity contribution in [1.29, 1.82) is 0 Å². The molecule has 0 atom stereocenters. The smallest absolute Gasteiger partial charge is 0.198 e. The quantitative estimate of drug-likeness (QED) is 0.726. The average Bonchev–Trinajstić information content (AvgIpc) is 2.55. The minimum atomic E-state index is -0.297. The van der Waals surface area contributed by atoms with Gasteiger partial charge in [0.05, 0.1) is 11.3 Å². The number of hydrogen-bond acceptors (Lipinski definition) is 4. The number of rotatable bonds is 3. The zero-order valence-electron chi connectivity index (χ0n) is 11.6. The van der Waals surface area contributed by atoms with Crippen molar-refractivity contribution in [2.45, 2.75) is 0 Å². The summed E-state index contributed by atoms with van der Waals surface area (Å²) in [6.07, 6.45) is 1.44. The van der Waals surface area contributed by atoms with E-state index >= 15 is 0 Å². The monoisotopic (exact) mass is 291 g/mol. The minimum Gasteiger partial charge on any atom is -0.507 e. The van der Waals surface area contributed by atoms with Gasteiger partial charge in [0, 0.05) is 17.3 Å². The first kappa shape index (κ1) is 13.8. The third-order valence-electron chi connectivity index (χ3n) is 3.35. The second-order valence-electron chi connectivity index (χ2n) is 4.80. The Bertz CT molecular complexity index is 826. The zero-order chi connectivity index (χ0) is 15.5. The van der Waals surface area contributed by atoms with Gasteiger partial charge in [0.1, 0.15) is 11.5 Å². The van der Waals surface area contributed by atoms with Crippen LogP contribution in [0.25, 0.3) is 11.3 Å². The molecule has 1 heterocycles. The van der Waals surface area contributed by atoms with Crippen LogP contribution >= 0.6 is 0 Å². The van der Waals surface area contributed by atoms with E-state index in [1.807, 2.05) is 0 Å². The Morgan fingerprint density at radius 2 is 1.50 bits per heavy atom. The second-order valence-corrected chi connectivity index (χ2v) is 4.80. The third-order valence-corrected chi connectivity index (χ3v) is 3.35. The fourth-order valence-corrected chi connectivity index (χ4v) is 2.20. The number of phenols is 2. The summed E-state index contributed by atoms with van der Waals surface area (Å²) in [5.74, 6) is -0.221. The predicted octanol–water partition coefficient (Wildman–Crippen LogP) is 3.39. The molecule has 0 fully saturated rings. The van der Waals surface area contributed by atoms with Gasteiger partial charge in [-0.05, 0) is 36.4 Å². The summed E-state index contributed by atoms with van der Waals surface area (Å²) >= 11 is 0. The number of carbonyl (C=O) groups is 1. The Labute approximate surface area is 127 Å². The van der Waals surface area contributed by atoms with Crippen LogP contribution in [0, 0.1) is 0 Å². The fraction of sp³-hybridized carbons (Fsp3) is 0. The Morgan fingerprint density at radius 1 is 0.818 bits per heavy atom. The van der Waals surface area contributed by atoms with Crippen molar-refractivity contribution in [3.05, 3.63) is 78.0 Å². The lowest BCUT2D eigenvalue weighted by Crippen LogP contribution is -2.02. The maximum absolute atomic E-state index is 12.3. The molecule has 0 radical (unpaired) electrons. The maximum atomic E-state index is 12.3. The Morgan fingerprint density at radius 3 is 2.14 bits per heavy atom. The molecule has 4 heteroatoms. The summed E-state index contributed by atoms with van der Waals surface area (Å²) in [5.41, 5.74) is 1.79. The lowest BCUT2D eigenvalue weighted by atomic mass is 10.0. The van der Waals surface area contributed by atoms with Gasteiger partial charge in [-0.3, -0.25) is 9.78 Å². The second kappa shape index (κ2) is 5.69. The molecule has 3 aromatic rings. The standard InChI is InChI=1S/C18H13NO3/c20-16-7-3-1-5-13(16)15-10-9-12(11-19-15)18(22)14-6-2-4-8-17(14)21/h1-11,20-21H. The molecule has 0 saturated carbocycles. The van der Waals surface area contributed by atoms with Crippen LogP contribution < -0.4 is 0 Å². The molecule has 1 aromatic heterocycles. The highest BCUT2D eigenvalue weighted by Gasteiger charge is 2.14. The molecule has 0 aliphatic heterocycles. The van der Waals surface area contributed by atoms with E-state index in [0.29, 0.717) is 16.8 Å². The molecule has 2 aromatic carbocycles. The van der Waals surface area contributed by atoms with E-state index in [9.17, 15) is 15.0 Å². The normalized spacial score (nSPS) is 10.4. The minimum absolute atomic E-state index is 0.0581. The first-order valence-corrected chi connectivity index (χ1v) is 6.74. The van der Waals surface area contributed by atoms with Gasteiger partial charge < -0.3 is 10.2 Å². The van der Waals surface area contributed by atoms with Crippen molar-refractivity contribution in [2.75, 3.05) is 0 Å². The summed E-state index contributed by atoms with van der Waals surface area (Å²) in [6, 6.07) is 16.5. The van der Waals surface area contributed by atoms with Crippen LogP contribution in [0.1, 0.15) is 15.9 Å². The van der Waals surface area contributed by atoms with Crippen molar-refractivity contribution < 1.29 is 15.0 Å². The van der Waals surface area contributed by atoms with E-state index in [2.05, 4.69) is 4.98 Å². The molecule has 0 bridgehead atoms. The summed E-state index contributed by atoms with van der Waals surface area (Å²) in [4.78, 5) is 16.6. The van der Waals surface area contributed by atoms with Crippen LogP contribution in [0.15, 0.2) is 66.9 Å². The molecule has 0 unspecified atom stereocenters. The molecular weight excluding hydrogens is 278 g/mol. The fourth-order valence-electron chi connectivity index (χ4n) is 2.20. The van der Waals surface area contributed by atoms with Gasteiger partial charge in [0.25, 0.3) is 0 Å². The van der Waals surface area contributed by atoms with Gasteiger partial charge in [-0.25, -0.2) is 0 Å². The van der Waals surface area contributed by atoms with E-state index in [1.165, 1.54) is 12.3 Å². The number of nitrogens with zero attached hydrogens (tertiary/aromatic N) is 1. The molecule has 4 nitrogen and oxygen atoms in total. The maximum Gasteiger partial charge on any atom is 0.198 e. The van der Waals surface area contributed by atoms with E-state index < -0.39 is 0 Å². The molecular formula is C18H13NO3. The summed E-state index contributed by atoms with van der Waals surface area (Å²) in [6.45, 7) is 0. The SMILES string of the molecule is O=C(c1ccc(-c2ccccc2O)nc1)c1ccccc1O. The number of pyridine rings is 1. The number of hydrogen-bond donors (Lipinski definition) is 2. The average molecular weight is 291 g/mol. The molecule has 0 saturated heterocycles. The van der Waals surface area contributed by atoms with E-state index in [1.54, 1.807) is 54.6 Å². The third kappa shape index (κ3) is 2.54. The summed E-state index contributed by atoms with van der Waals surface area (Å²) in [5, 5.41) is 19.6. The predicted molar refractivity (Wildman–Crippen MR) is 82.9 cm³/mol. The van der Waals surface area contributed by atoms with Gasteiger partial charge in [0.15, 0.2) is 5.78 Å². The lowest BCUT2D eigenvalue weighted by Gasteiger charge is -2.06. The molecule has 0 aliphatic carbocycles. The number of para-hydroxylation sites is 2. The molecule has 3 rings (SSSR count). The molecule has 108 valence electrons. The Balaban J connectivity index is 1.94. The molecule has 2 N–H and O–H groups in total. The van der Waals surface area contributed by atoms with Crippen LogP contribution in [0.5, 0.6) is 11.5 Å². The van der Waals surface area contributed by atoms with E-state index in [4.69, 9.17) is 0 Å². The van der Waals surface area contributed by atoms with Crippen molar-refractivity contribution in [3.8, 4) is 22.8 Å². The number of phenolic OH excluding ortho intramolecular Hbond substituents is 2. The highest BCUT2D eigenvalue weighted by Crippen LogP contribution is 2.27. The first-order valence-electron chi connectivity index (χ1n) is 6.74. The van der Waals surface area contributed by atoms with Crippen molar-refractivity contribution >= 4 is 5.78 Å². The lowest BCUT2D eigenvalue weighted by molar-refractivity contribution is 0.103. The first-order chi connectivity index (χ1) is 10.7. The van der Waals surface area contributed by atoms with Crippen molar-refractivity contribution in [3.63, 3.8) is 0 Å². The number of ketones is 1. The molecule has 0 spiro atoms. The highest BCUT2D eigenvalue weighted by molar-refractivity contribution is 6.10. The van der Waals surface area contributed by atoms with Gasteiger partial charge >= 0.3 is 0 Å². The van der Waals surface area contributed by atoms with Crippen LogP contribution in [0.4, 0.5) is 0 Å². The Hall–Kier alpha value is -3.14. The summed E-state index contributed by atoms with van der Waals surface area (Å²) < 4.78 is 0. The van der Waals surface area contributed by atoms with Crippen molar-refractivity contribution in [1.82, 2.24) is 4.98 Å². The summed E-state index contributed by atoms with van der Waals surface area (Å²) in [7, 11) is 0. The topological polar surface area (TPSA) is 70.4 Å². The van der Waals surface area contributed by atoms with Crippen LogP contribution in [0.3, 0.4) is 0 Å². The molecule has 0 amide bonds. The highest BCUT2D eigenvalue weighted by atomic mass is 16.3. The largest absolute Gasteiger partial charge is 0.507 e. The number of aromatic nitrogens is 1. The van der Waals surface area contributed by atoms with Gasteiger partial charge in [-0.15, -0.1) is 0 Å². The zero-order valence-corrected chi connectivity index (χ0v) is 11.6. The van der Waals surface area contributed by atoms with E-state index in [0.717, 1.165) is 0 Å². The van der Waals surface area contributed by atoms with Crippen LogP contribution in [-0.2, 0) is 0 Å². The van der Waals surface area contributed by atoms with Crippen molar-refractivity contribution in [2.24, 2.45) is 0 Å². The number of aromatic hydroxyl groups is 2.